The Bertz CT molecular complexity index is 437. The molecule has 0 spiro atoms. The third-order valence-electron chi connectivity index (χ3n) is 1.93. The van der Waals surface area contributed by atoms with Crippen LogP contribution in [0.2, 0.25) is 0 Å². The van der Waals surface area contributed by atoms with Gasteiger partial charge in [0.25, 0.3) is 0 Å². The van der Waals surface area contributed by atoms with Gasteiger partial charge >= 0.3 is 5.97 Å². The van der Waals surface area contributed by atoms with Crippen LogP contribution < -0.4 is 0 Å². The normalized spacial score (nSPS) is 9.67. The molecule has 0 bridgehead atoms. The lowest BCUT2D eigenvalue weighted by Crippen LogP contribution is -2.03. The van der Waals surface area contributed by atoms with E-state index in [4.69, 9.17) is 15.5 Å². The Hall–Kier alpha value is -1.38. The third kappa shape index (κ3) is 2.55. The summed E-state index contributed by atoms with van der Waals surface area (Å²) in [7, 11) is 0. The Kier molecular flexibility index (Phi) is 3.83. The highest BCUT2D eigenvalue weighted by Gasteiger charge is 2.12. The summed E-state index contributed by atoms with van der Waals surface area (Å²) in [6, 6.07) is 5.07. The van der Waals surface area contributed by atoms with E-state index in [9.17, 15) is 4.79 Å². The zero-order valence-corrected chi connectivity index (χ0v) is 9.28. The van der Waals surface area contributed by atoms with Crippen LogP contribution in [0.3, 0.4) is 0 Å². The smallest absolute Gasteiger partial charge is 0.307 e. The van der Waals surface area contributed by atoms with Gasteiger partial charge in [0.1, 0.15) is 6.07 Å². The van der Waals surface area contributed by atoms with Gasteiger partial charge < -0.3 is 10.2 Å². The Balaban J connectivity index is 3.24. The second kappa shape index (κ2) is 4.91. The molecule has 1 aromatic rings. The zero-order chi connectivity index (χ0) is 11.4. The van der Waals surface area contributed by atoms with Crippen LogP contribution in [-0.2, 0) is 17.8 Å². The first-order valence-corrected chi connectivity index (χ1v) is 4.92. The van der Waals surface area contributed by atoms with E-state index in [2.05, 4.69) is 15.9 Å². The number of aliphatic hydroxyl groups excluding tert-OH is 1. The van der Waals surface area contributed by atoms with Crippen LogP contribution in [0.5, 0.6) is 0 Å². The van der Waals surface area contributed by atoms with Crippen LogP contribution in [0.25, 0.3) is 0 Å². The quantitative estimate of drug-likeness (QED) is 0.870. The van der Waals surface area contributed by atoms with Crippen molar-refractivity contribution in [2.75, 3.05) is 0 Å². The Morgan fingerprint density at radius 3 is 2.53 bits per heavy atom. The first-order valence-electron chi connectivity index (χ1n) is 4.13. The van der Waals surface area contributed by atoms with E-state index in [0.29, 0.717) is 15.6 Å². The van der Waals surface area contributed by atoms with Crippen molar-refractivity contribution in [2.45, 2.75) is 13.0 Å². The first kappa shape index (κ1) is 11.7. The average Bonchev–Trinajstić information content (AvgIpc) is 2.20. The molecule has 78 valence electrons. The molecule has 0 heterocycles. The van der Waals surface area contributed by atoms with Crippen molar-refractivity contribution in [3.63, 3.8) is 0 Å². The zero-order valence-electron chi connectivity index (χ0n) is 7.70. The van der Waals surface area contributed by atoms with Crippen LogP contribution in [0.1, 0.15) is 16.7 Å². The number of hydrogen-bond donors (Lipinski definition) is 2. The molecule has 0 amide bonds. The van der Waals surface area contributed by atoms with Gasteiger partial charge in [-0.05, 0) is 27.1 Å². The molecule has 4 nitrogen and oxygen atoms in total. The average molecular weight is 270 g/mol. The number of nitriles is 1. The molecule has 5 heteroatoms. The second-order valence-corrected chi connectivity index (χ2v) is 3.71. The maximum atomic E-state index is 10.5. The van der Waals surface area contributed by atoms with E-state index >= 15 is 0 Å². The molecule has 0 saturated heterocycles. The summed E-state index contributed by atoms with van der Waals surface area (Å²) in [5.74, 6) is -0.962. The van der Waals surface area contributed by atoms with Gasteiger partial charge in [0.2, 0.25) is 0 Å². The summed E-state index contributed by atoms with van der Waals surface area (Å²) < 4.78 is 0.443. The number of nitrogens with zero attached hydrogens (tertiary/aromatic N) is 1. The van der Waals surface area contributed by atoms with Crippen molar-refractivity contribution in [1.29, 1.82) is 5.26 Å². The lowest BCUT2D eigenvalue weighted by molar-refractivity contribution is -0.136. The molecular formula is C10H8BrNO3. The van der Waals surface area contributed by atoms with Crippen molar-refractivity contribution in [2.24, 2.45) is 0 Å². The van der Waals surface area contributed by atoms with E-state index in [1.54, 1.807) is 12.1 Å². The summed E-state index contributed by atoms with van der Waals surface area (Å²) in [5, 5.41) is 26.4. The van der Waals surface area contributed by atoms with Crippen LogP contribution in [0, 0.1) is 11.3 Å². The minimum Gasteiger partial charge on any atom is -0.481 e. The van der Waals surface area contributed by atoms with Crippen LogP contribution >= 0.6 is 15.9 Å². The Labute approximate surface area is 94.9 Å². The monoisotopic (exact) mass is 269 g/mol. The van der Waals surface area contributed by atoms with Crippen molar-refractivity contribution in [3.8, 4) is 6.07 Å². The number of carbonyl (C=O) groups is 1. The van der Waals surface area contributed by atoms with E-state index in [0.717, 1.165) is 0 Å². The van der Waals surface area contributed by atoms with Gasteiger partial charge in [-0.3, -0.25) is 4.79 Å². The van der Waals surface area contributed by atoms with E-state index in [1.807, 2.05) is 6.07 Å². The van der Waals surface area contributed by atoms with Gasteiger partial charge in [0.05, 0.1) is 18.6 Å². The number of carboxylic acid groups (broad SMARTS) is 1. The van der Waals surface area contributed by atoms with Gasteiger partial charge in [-0.15, -0.1) is 0 Å². The minimum atomic E-state index is -0.962. The summed E-state index contributed by atoms with van der Waals surface area (Å²) in [6.45, 7) is -0.241. The molecule has 0 aliphatic rings. The highest BCUT2D eigenvalue weighted by atomic mass is 79.9. The molecule has 15 heavy (non-hydrogen) atoms. The Morgan fingerprint density at radius 2 is 2.07 bits per heavy atom. The van der Waals surface area contributed by atoms with Gasteiger partial charge in [0, 0.05) is 4.47 Å². The van der Waals surface area contributed by atoms with Crippen LogP contribution in [0.4, 0.5) is 0 Å². The van der Waals surface area contributed by atoms with Crippen LogP contribution in [0.15, 0.2) is 16.6 Å². The summed E-state index contributed by atoms with van der Waals surface area (Å²) in [5.41, 5.74) is 1.30. The Morgan fingerprint density at radius 1 is 1.47 bits per heavy atom. The first-order chi connectivity index (χ1) is 7.10. The molecule has 1 rings (SSSR count). The number of aliphatic hydroxyl groups is 1. The molecule has 0 radical (unpaired) electrons. The largest absolute Gasteiger partial charge is 0.481 e. The second-order valence-electron chi connectivity index (χ2n) is 2.91. The van der Waals surface area contributed by atoms with Gasteiger partial charge in [-0.2, -0.15) is 5.26 Å². The molecule has 0 atom stereocenters. The lowest BCUT2D eigenvalue weighted by atomic mass is 10.0. The number of halogens is 1. The summed E-state index contributed by atoms with van der Waals surface area (Å²) >= 11 is 3.16. The molecule has 0 aliphatic carbocycles. The molecule has 1 aromatic carbocycles. The van der Waals surface area contributed by atoms with Crippen LogP contribution in [-0.4, -0.2) is 16.2 Å². The molecule has 0 unspecified atom stereocenters. The fourth-order valence-electron chi connectivity index (χ4n) is 1.21. The molecule has 0 aliphatic heterocycles. The molecule has 0 fully saturated rings. The molecule has 2 N–H and O–H groups in total. The van der Waals surface area contributed by atoms with Gasteiger partial charge in [0.15, 0.2) is 0 Å². The number of aliphatic carboxylic acids is 1. The predicted octanol–water partition coefficient (Wildman–Crippen LogP) is 1.44. The van der Waals surface area contributed by atoms with Crippen molar-refractivity contribution in [3.05, 3.63) is 33.3 Å². The maximum absolute atomic E-state index is 10.5. The number of carboxylic acids is 1. The van der Waals surface area contributed by atoms with E-state index in [1.165, 1.54) is 0 Å². The number of rotatable bonds is 3. The predicted molar refractivity (Wildman–Crippen MR) is 56.1 cm³/mol. The van der Waals surface area contributed by atoms with E-state index < -0.39 is 5.97 Å². The molecule has 0 saturated carbocycles. The standard InChI is InChI=1S/C10H8BrNO3/c11-10-6(3-9(14)15)1-2-7(5-13)8(10)4-12/h1-2,13H,3,5H2,(H,14,15). The summed E-state index contributed by atoms with van der Waals surface area (Å²) in [4.78, 5) is 10.5. The topological polar surface area (TPSA) is 81.3 Å². The third-order valence-corrected chi connectivity index (χ3v) is 2.84. The highest BCUT2D eigenvalue weighted by Crippen LogP contribution is 2.25. The fraction of sp³-hybridized carbons (Fsp3) is 0.200. The highest BCUT2D eigenvalue weighted by molar-refractivity contribution is 9.10. The SMILES string of the molecule is N#Cc1c(CO)ccc(CC(=O)O)c1Br. The number of hydrogen-bond acceptors (Lipinski definition) is 3. The summed E-state index contributed by atoms with van der Waals surface area (Å²) in [6.07, 6.45) is -0.152. The van der Waals surface area contributed by atoms with Gasteiger partial charge in [-0.25, -0.2) is 0 Å². The van der Waals surface area contributed by atoms with E-state index in [-0.39, 0.29) is 18.6 Å². The van der Waals surface area contributed by atoms with Crippen molar-refractivity contribution < 1.29 is 15.0 Å². The van der Waals surface area contributed by atoms with Gasteiger partial charge in [-0.1, -0.05) is 12.1 Å². The maximum Gasteiger partial charge on any atom is 0.307 e. The minimum absolute atomic E-state index is 0.152. The molecule has 0 aromatic heterocycles. The lowest BCUT2D eigenvalue weighted by Gasteiger charge is -2.07. The van der Waals surface area contributed by atoms with Crippen molar-refractivity contribution in [1.82, 2.24) is 0 Å². The molecular weight excluding hydrogens is 262 g/mol. The van der Waals surface area contributed by atoms with Crippen molar-refractivity contribution >= 4 is 21.9 Å². The fourth-order valence-corrected chi connectivity index (χ4v) is 1.83. The number of benzene rings is 1.